The fourth-order valence-electron chi connectivity index (χ4n) is 2.31. The van der Waals surface area contributed by atoms with Crippen LogP contribution in [0, 0.1) is 0 Å². The molecule has 26 heavy (non-hydrogen) atoms. The Morgan fingerprint density at radius 3 is 2.42 bits per heavy atom. The summed E-state index contributed by atoms with van der Waals surface area (Å²) < 4.78 is 7.80. The van der Waals surface area contributed by atoms with Crippen molar-refractivity contribution >= 4 is 46.6 Å². The quantitative estimate of drug-likeness (QED) is 0.424. The van der Waals surface area contributed by atoms with Crippen LogP contribution in [0.25, 0.3) is 0 Å². The highest BCUT2D eigenvalue weighted by Crippen LogP contribution is 2.28. The Hall–Kier alpha value is -1.40. The average molecular weight is 429 g/mol. The first-order valence-electron chi connectivity index (χ1n) is 7.94. The SMILES string of the molecule is CCn1c(COc2ccc(Cl)cc2Cl)nnc1SCc1ccc(Cl)cc1. The molecular formula is C18H16Cl3N3OS. The Balaban J connectivity index is 1.66. The lowest BCUT2D eigenvalue weighted by Crippen LogP contribution is -2.07. The lowest BCUT2D eigenvalue weighted by atomic mass is 10.2. The van der Waals surface area contributed by atoms with Gasteiger partial charge in [0, 0.05) is 22.3 Å². The molecule has 2 aromatic carbocycles. The topological polar surface area (TPSA) is 39.9 Å². The van der Waals surface area contributed by atoms with Crippen LogP contribution in [0.15, 0.2) is 47.6 Å². The van der Waals surface area contributed by atoms with Crippen molar-refractivity contribution in [2.75, 3.05) is 0 Å². The lowest BCUT2D eigenvalue weighted by molar-refractivity contribution is 0.288. The molecule has 0 aliphatic rings. The molecule has 0 aliphatic carbocycles. The number of rotatable bonds is 7. The third kappa shape index (κ3) is 4.86. The van der Waals surface area contributed by atoms with Gasteiger partial charge in [-0.25, -0.2) is 0 Å². The number of aromatic nitrogens is 3. The van der Waals surface area contributed by atoms with E-state index in [-0.39, 0.29) is 6.61 Å². The van der Waals surface area contributed by atoms with Crippen molar-refractivity contribution < 1.29 is 4.74 Å². The van der Waals surface area contributed by atoms with E-state index in [1.165, 1.54) is 5.56 Å². The third-order valence-corrected chi connectivity index (χ3v) is 5.46. The molecule has 0 amide bonds. The predicted molar refractivity (Wildman–Crippen MR) is 108 cm³/mol. The van der Waals surface area contributed by atoms with Gasteiger partial charge in [0.1, 0.15) is 12.4 Å². The Morgan fingerprint density at radius 1 is 1.00 bits per heavy atom. The van der Waals surface area contributed by atoms with Crippen LogP contribution in [0.2, 0.25) is 15.1 Å². The number of nitrogens with zero attached hydrogens (tertiary/aromatic N) is 3. The second-order valence-corrected chi connectivity index (χ2v) is 7.64. The monoisotopic (exact) mass is 427 g/mol. The summed E-state index contributed by atoms with van der Waals surface area (Å²) in [7, 11) is 0. The molecule has 0 saturated carbocycles. The smallest absolute Gasteiger partial charge is 0.191 e. The Morgan fingerprint density at radius 2 is 1.73 bits per heavy atom. The van der Waals surface area contributed by atoms with Gasteiger partial charge in [-0.1, -0.05) is 58.7 Å². The van der Waals surface area contributed by atoms with Crippen molar-refractivity contribution in [3.05, 3.63) is 68.9 Å². The van der Waals surface area contributed by atoms with E-state index in [2.05, 4.69) is 17.1 Å². The molecule has 1 aromatic heterocycles. The first-order chi connectivity index (χ1) is 12.6. The van der Waals surface area contributed by atoms with Gasteiger partial charge in [0.25, 0.3) is 0 Å². The molecule has 0 saturated heterocycles. The summed E-state index contributed by atoms with van der Waals surface area (Å²) in [5.41, 5.74) is 1.18. The number of hydrogen-bond donors (Lipinski definition) is 0. The van der Waals surface area contributed by atoms with Crippen molar-refractivity contribution in [1.82, 2.24) is 14.8 Å². The summed E-state index contributed by atoms with van der Waals surface area (Å²) in [6.45, 7) is 3.08. The van der Waals surface area contributed by atoms with Crippen molar-refractivity contribution in [3.8, 4) is 5.75 Å². The van der Waals surface area contributed by atoms with E-state index >= 15 is 0 Å². The van der Waals surface area contributed by atoms with Gasteiger partial charge in [0.15, 0.2) is 11.0 Å². The minimum absolute atomic E-state index is 0.281. The molecule has 0 fully saturated rings. The molecule has 136 valence electrons. The van der Waals surface area contributed by atoms with E-state index in [0.29, 0.717) is 15.8 Å². The molecule has 0 radical (unpaired) electrons. The molecule has 1 heterocycles. The summed E-state index contributed by atoms with van der Waals surface area (Å²) in [5, 5.41) is 11.2. The average Bonchev–Trinajstić information content (AvgIpc) is 3.02. The largest absolute Gasteiger partial charge is 0.484 e. The predicted octanol–water partition coefficient (Wildman–Crippen LogP) is 6.13. The molecule has 0 spiro atoms. The third-order valence-electron chi connectivity index (χ3n) is 3.64. The number of thioether (sulfide) groups is 1. The van der Waals surface area contributed by atoms with Crippen molar-refractivity contribution in [1.29, 1.82) is 0 Å². The lowest BCUT2D eigenvalue weighted by Gasteiger charge is -2.10. The van der Waals surface area contributed by atoms with Gasteiger partial charge in [-0.3, -0.25) is 0 Å². The molecule has 3 rings (SSSR count). The number of ether oxygens (including phenoxy) is 1. The minimum Gasteiger partial charge on any atom is -0.484 e. The zero-order valence-corrected chi connectivity index (χ0v) is 17.0. The van der Waals surface area contributed by atoms with Crippen molar-refractivity contribution in [2.45, 2.75) is 31.0 Å². The summed E-state index contributed by atoms with van der Waals surface area (Å²) in [6, 6.07) is 12.9. The normalized spacial score (nSPS) is 10.9. The van der Waals surface area contributed by atoms with Crippen LogP contribution >= 0.6 is 46.6 Å². The zero-order valence-electron chi connectivity index (χ0n) is 14.0. The van der Waals surface area contributed by atoms with E-state index in [1.54, 1.807) is 30.0 Å². The molecule has 0 aliphatic heterocycles. The maximum Gasteiger partial charge on any atom is 0.191 e. The first kappa shape index (κ1) is 19.4. The standard InChI is InChI=1S/C18H16Cl3N3OS/c1-2-24-17(10-25-16-8-7-14(20)9-15(16)21)22-23-18(24)26-11-12-3-5-13(19)6-4-12/h3-9H,2,10-11H2,1H3. The fraction of sp³-hybridized carbons (Fsp3) is 0.222. The number of halogens is 3. The van der Waals surface area contributed by atoms with Gasteiger partial charge in [-0.15, -0.1) is 10.2 Å². The Labute approximate surface area is 171 Å². The van der Waals surface area contributed by atoms with Gasteiger partial charge in [0.05, 0.1) is 5.02 Å². The molecular weight excluding hydrogens is 413 g/mol. The highest BCUT2D eigenvalue weighted by molar-refractivity contribution is 7.98. The van der Waals surface area contributed by atoms with Crippen LogP contribution in [0.4, 0.5) is 0 Å². The summed E-state index contributed by atoms with van der Waals surface area (Å²) in [6.07, 6.45) is 0. The van der Waals surface area contributed by atoms with Crippen LogP contribution in [-0.2, 0) is 18.9 Å². The molecule has 0 N–H and O–H groups in total. The van der Waals surface area contributed by atoms with E-state index in [9.17, 15) is 0 Å². The second-order valence-electron chi connectivity index (χ2n) is 5.42. The Kier molecular flexibility index (Phi) is 6.70. The first-order valence-corrected chi connectivity index (χ1v) is 10.1. The van der Waals surface area contributed by atoms with Crippen molar-refractivity contribution in [2.24, 2.45) is 0 Å². The highest BCUT2D eigenvalue weighted by Gasteiger charge is 2.13. The molecule has 0 atom stereocenters. The minimum atomic E-state index is 0.281. The van der Waals surface area contributed by atoms with E-state index in [4.69, 9.17) is 39.5 Å². The molecule has 3 aromatic rings. The van der Waals surface area contributed by atoms with Gasteiger partial charge in [-0.05, 0) is 42.8 Å². The van der Waals surface area contributed by atoms with Crippen LogP contribution in [0.3, 0.4) is 0 Å². The maximum absolute atomic E-state index is 6.14. The van der Waals surface area contributed by atoms with E-state index in [0.717, 1.165) is 28.3 Å². The summed E-state index contributed by atoms with van der Waals surface area (Å²) in [4.78, 5) is 0. The van der Waals surface area contributed by atoms with E-state index < -0.39 is 0 Å². The Bertz CT molecular complexity index is 884. The van der Waals surface area contributed by atoms with Gasteiger partial charge < -0.3 is 9.30 Å². The van der Waals surface area contributed by atoms with Crippen LogP contribution in [-0.4, -0.2) is 14.8 Å². The number of hydrogen-bond acceptors (Lipinski definition) is 4. The van der Waals surface area contributed by atoms with E-state index in [1.807, 2.05) is 28.8 Å². The van der Waals surface area contributed by atoms with Crippen LogP contribution in [0.1, 0.15) is 18.3 Å². The molecule has 0 unspecified atom stereocenters. The summed E-state index contributed by atoms with van der Waals surface area (Å²) >= 11 is 19.6. The molecule has 8 heteroatoms. The second kappa shape index (κ2) is 9.00. The van der Waals surface area contributed by atoms with Gasteiger partial charge in [-0.2, -0.15) is 0 Å². The summed E-state index contributed by atoms with van der Waals surface area (Å²) in [5.74, 6) is 2.10. The fourth-order valence-corrected chi connectivity index (χ4v) is 3.88. The maximum atomic E-state index is 6.14. The van der Waals surface area contributed by atoms with Gasteiger partial charge >= 0.3 is 0 Å². The molecule has 0 bridgehead atoms. The molecule has 4 nitrogen and oxygen atoms in total. The van der Waals surface area contributed by atoms with Gasteiger partial charge in [0.2, 0.25) is 0 Å². The number of benzene rings is 2. The zero-order chi connectivity index (χ0) is 18.5. The highest BCUT2D eigenvalue weighted by atomic mass is 35.5. The van der Waals surface area contributed by atoms with Crippen molar-refractivity contribution in [3.63, 3.8) is 0 Å². The van der Waals surface area contributed by atoms with Crippen LogP contribution < -0.4 is 4.74 Å². The van der Waals surface area contributed by atoms with Crippen LogP contribution in [0.5, 0.6) is 5.75 Å².